The van der Waals surface area contributed by atoms with Gasteiger partial charge in [-0.25, -0.2) is 9.97 Å². The number of benzene rings is 1. The van der Waals surface area contributed by atoms with Gasteiger partial charge >= 0.3 is 0 Å². The van der Waals surface area contributed by atoms with E-state index >= 15 is 0 Å². The number of nitrogens with zero attached hydrogens (tertiary/aromatic N) is 3. The van der Waals surface area contributed by atoms with Crippen LogP contribution in [0.1, 0.15) is 19.4 Å². The van der Waals surface area contributed by atoms with Crippen LogP contribution in [0, 0.1) is 0 Å². The SMILES string of the molecule is C=CCn1c(S[C@@H](C)C(=O)Nc2ccc(CC)cc2)nc2ncccc2c1=O. The van der Waals surface area contributed by atoms with E-state index in [2.05, 4.69) is 28.8 Å². The smallest absolute Gasteiger partial charge is 0.263 e. The van der Waals surface area contributed by atoms with Crippen molar-refractivity contribution in [1.82, 2.24) is 14.5 Å². The number of fused-ring (bicyclic) bond motifs is 1. The first-order chi connectivity index (χ1) is 13.5. The van der Waals surface area contributed by atoms with Crippen molar-refractivity contribution in [3.8, 4) is 0 Å². The molecule has 0 spiro atoms. The fraction of sp³-hybridized carbons (Fsp3) is 0.238. The summed E-state index contributed by atoms with van der Waals surface area (Å²) in [6, 6.07) is 11.2. The lowest BCUT2D eigenvalue weighted by Gasteiger charge is -2.15. The molecule has 7 heteroatoms. The molecule has 0 aliphatic rings. The first-order valence-corrected chi connectivity index (χ1v) is 9.94. The van der Waals surface area contributed by atoms with Crippen LogP contribution in [-0.4, -0.2) is 25.7 Å². The van der Waals surface area contributed by atoms with Crippen molar-refractivity contribution in [1.29, 1.82) is 0 Å². The first-order valence-electron chi connectivity index (χ1n) is 9.06. The van der Waals surface area contributed by atoms with Crippen LogP contribution >= 0.6 is 11.8 Å². The molecule has 1 amide bonds. The van der Waals surface area contributed by atoms with Gasteiger partial charge in [0.2, 0.25) is 5.91 Å². The Morgan fingerprint density at radius 2 is 2.07 bits per heavy atom. The highest BCUT2D eigenvalue weighted by Crippen LogP contribution is 2.23. The fourth-order valence-corrected chi connectivity index (χ4v) is 3.60. The predicted molar refractivity (Wildman–Crippen MR) is 114 cm³/mol. The Morgan fingerprint density at radius 3 is 2.75 bits per heavy atom. The maximum Gasteiger partial charge on any atom is 0.263 e. The number of amides is 1. The Bertz CT molecular complexity index is 1060. The molecule has 0 fully saturated rings. The normalized spacial score (nSPS) is 11.9. The van der Waals surface area contributed by atoms with Gasteiger partial charge in [0.05, 0.1) is 10.6 Å². The van der Waals surface area contributed by atoms with Gasteiger partial charge in [0.15, 0.2) is 10.8 Å². The minimum Gasteiger partial charge on any atom is -0.325 e. The van der Waals surface area contributed by atoms with Gasteiger partial charge in [0.25, 0.3) is 5.56 Å². The van der Waals surface area contributed by atoms with Crippen LogP contribution in [0.15, 0.2) is 65.2 Å². The van der Waals surface area contributed by atoms with E-state index in [9.17, 15) is 9.59 Å². The van der Waals surface area contributed by atoms with E-state index in [0.29, 0.717) is 22.7 Å². The number of hydrogen-bond acceptors (Lipinski definition) is 5. The van der Waals surface area contributed by atoms with Crippen molar-refractivity contribution < 1.29 is 4.79 Å². The number of carbonyl (C=O) groups excluding carboxylic acids is 1. The summed E-state index contributed by atoms with van der Waals surface area (Å²) in [5.74, 6) is -0.158. The van der Waals surface area contributed by atoms with E-state index in [1.54, 1.807) is 31.3 Å². The number of rotatable bonds is 7. The second-order valence-electron chi connectivity index (χ2n) is 6.27. The molecule has 0 aliphatic carbocycles. The topological polar surface area (TPSA) is 76.9 Å². The molecule has 2 heterocycles. The molecule has 1 atom stereocenters. The molecule has 28 heavy (non-hydrogen) atoms. The molecule has 0 unspecified atom stereocenters. The Balaban J connectivity index is 1.83. The highest BCUT2D eigenvalue weighted by atomic mass is 32.2. The number of thioether (sulfide) groups is 1. The molecule has 144 valence electrons. The third-order valence-electron chi connectivity index (χ3n) is 4.29. The number of nitrogens with one attached hydrogen (secondary N) is 1. The molecule has 6 nitrogen and oxygen atoms in total. The number of pyridine rings is 1. The number of hydrogen-bond donors (Lipinski definition) is 1. The average Bonchev–Trinajstić information content (AvgIpc) is 2.71. The number of carbonyl (C=O) groups is 1. The maximum atomic E-state index is 12.8. The summed E-state index contributed by atoms with van der Waals surface area (Å²) in [6.45, 7) is 7.89. The van der Waals surface area contributed by atoms with Gasteiger partial charge in [-0.15, -0.1) is 6.58 Å². The van der Waals surface area contributed by atoms with Gasteiger partial charge in [-0.1, -0.05) is 36.9 Å². The van der Waals surface area contributed by atoms with E-state index in [1.165, 1.54) is 21.9 Å². The third-order valence-corrected chi connectivity index (χ3v) is 5.38. The van der Waals surface area contributed by atoms with E-state index < -0.39 is 5.25 Å². The number of aryl methyl sites for hydroxylation is 1. The van der Waals surface area contributed by atoms with Gasteiger partial charge < -0.3 is 5.32 Å². The molecule has 2 aromatic heterocycles. The van der Waals surface area contributed by atoms with E-state index in [-0.39, 0.29) is 11.5 Å². The second-order valence-corrected chi connectivity index (χ2v) is 7.58. The summed E-state index contributed by atoms with van der Waals surface area (Å²) in [6.07, 6.45) is 4.18. The van der Waals surface area contributed by atoms with Crippen LogP contribution in [0.2, 0.25) is 0 Å². The highest BCUT2D eigenvalue weighted by Gasteiger charge is 2.19. The summed E-state index contributed by atoms with van der Waals surface area (Å²) in [7, 11) is 0. The number of anilines is 1. The van der Waals surface area contributed by atoms with Crippen molar-refractivity contribution in [2.45, 2.75) is 37.2 Å². The molecule has 0 bridgehead atoms. The standard InChI is InChI=1S/C21H22N4O2S/c1-4-13-25-20(27)17-7-6-12-22-18(17)24-21(25)28-14(3)19(26)23-16-10-8-15(5-2)9-11-16/h4,6-12,14H,1,5,13H2,2-3H3,(H,23,26)/t14-/m0/s1. The Kier molecular flexibility index (Phi) is 6.26. The number of aromatic nitrogens is 3. The van der Waals surface area contributed by atoms with Crippen LogP contribution in [-0.2, 0) is 17.8 Å². The summed E-state index contributed by atoms with van der Waals surface area (Å²) in [5.41, 5.74) is 2.13. The molecule has 0 saturated heterocycles. The molecular weight excluding hydrogens is 372 g/mol. The van der Waals surface area contributed by atoms with Crippen LogP contribution in [0.25, 0.3) is 11.0 Å². The zero-order valence-electron chi connectivity index (χ0n) is 15.9. The summed E-state index contributed by atoms with van der Waals surface area (Å²) in [5, 5.41) is 3.35. The Hall–Kier alpha value is -2.93. The molecule has 3 aromatic rings. The largest absolute Gasteiger partial charge is 0.325 e. The quantitative estimate of drug-likeness (QED) is 0.376. The summed E-state index contributed by atoms with van der Waals surface area (Å²) in [4.78, 5) is 34.0. The predicted octanol–water partition coefficient (Wildman–Crippen LogP) is 3.66. The van der Waals surface area contributed by atoms with Crippen LogP contribution in [0.5, 0.6) is 0 Å². The first kappa shape index (κ1) is 19.8. The minimum absolute atomic E-state index is 0.158. The van der Waals surface area contributed by atoms with Crippen molar-refractivity contribution in [3.05, 3.63) is 71.2 Å². The van der Waals surface area contributed by atoms with Crippen molar-refractivity contribution in [3.63, 3.8) is 0 Å². The van der Waals surface area contributed by atoms with Gasteiger partial charge in [0.1, 0.15) is 0 Å². The Labute approximate surface area is 167 Å². The third kappa shape index (κ3) is 4.31. The summed E-state index contributed by atoms with van der Waals surface area (Å²) < 4.78 is 1.52. The molecule has 1 aromatic carbocycles. The van der Waals surface area contributed by atoms with E-state index in [0.717, 1.165) is 12.1 Å². The number of allylic oxidation sites excluding steroid dienone is 1. The van der Waals surface area contributed by atoms with Gasteiger partial charge in [0, 0.05) is 18.4 Å². The maximum absolute atomic E-state index is 12.8. The van der Waals surface area contributed by atoms with Crippen LogP contribution in [0.4, 0.5) is 5.69 Å². The molecular formula is C21H22N4O2S. The lowest BCUT2D eigenvalue weighted by atomic mass is 10.1. The summed E-state index contributed by atoms with van der Waals surface area (Å²) >= 11 is 1.23. The molecule has 1 N–H and O–H groups in total. The molecule has 0 aliphatic heterocycles. The fourth-order valence-electron chi connectivity index (χ4n) is 2.70. The van der Waals surface area contributed by atoms with Crippen molar-refractivity contribution >= 4 is 34.4 Å². The molecule has 3 rings (SSSR count). The van der Waals surface area contributed by atoms with Crippen LogP contribution < -0.4 is 10.9 Å². The van der Waals surface area contributed by atoms with E-state index in [4.69, 9.17) is 0 Å². The van der Waals surface area contributed by atoms with Crippen molar-refractivity contribution in [2.75, 3.05) is 5.32 Å². The second kappa shape index (κ2) is 8.84. The zero-order chi connectivity index (χ0) is 20.1. The lowest BCUT2D eigenvalue weighted by Crippen LogP contribution is -2.27. The lowest BCUT2D eigenvalue weighted by molar-refractivity contribution is -0.115. The Morgan fingerprint density at radius 1 is 1.32 bits per heavy atom. The van der Waals surface area contributed by atoms with E-state index in [1.807, 2.05) is 24.3 Å². The molecule has 0 saturated carbocycles. The average molecular weight is 395 g/mol. The monoisotopic (exact) mass is 394 g/mol. The minimum atomic E-state index is -0.449. The van der Waals surface area contributed by atoms with Gasteiger partial charge in [-0.05, 0) is 43.2 Å². The van der Waals surface area contributed by atoms with Gasteiger partial charge in [-0.2, -0.15) is 0 Å². The zero-order valence-corrected chi connectivity index (χ0v) is 16.7. The molecule has 0 radical (unpaired) electrons. The van der Waals surface area contributed by atoms with Crippen LogP contribution in [0.3, 0.4) is 0 Å². The highest BCUT2D eigenvalue weighted by molar-refractivity contribution is 8.00. The van der Waals surface area contributed by atoms with Crippen molar-refractivity contribution in [2.24, 2.45) is 0 Å². The van der Waals surface area contributed by atoms with Gasteiger partial charge in [-0.3, -0.25) is 14.2 Å².